The fourth-order valence-corrected chi connectivity index (χ4v) is 5.21. The molecule has 132 valence electrons. The summed E-state index contributed by atoms with van der Waals surface area (Å²) in [5.41, 5.74) is 2.55. The van der Waals surface area contributed by atoms with Crippen LogP contribution in [0, 0.1) is 13.8 Å². The lowest BCUT2D eigenvalue weighted by Gasteiger charge is -2.31. The maximum atomic E-state index is 13.2. The van der Waals surface area contributed by atoms with E-state index in [2.05, 4.69) is 0 Å². The molecular formula is C18H18ClNO4S. The van der Waals surface area contributed by atoms with Crippen LogP contribution in [-0.2, 0) is 16.4 Å². The molecule has 7 heteroatoms. The zero-order chi connectivity index (χ0) is 18.4. The van der Waals surface area contributed by atoms with Gasteiger partial charge in [-0.1, -0.05) is 17.7 Å². The van der Waals surface area contributed by atoms with E-state index in [9.17, 15) is 18.3 Å². The summed E-state index contributed by atoms with van der Waals surface area (Å²) in [6, 6.07) is 8.01. The third kappa shape index (κ3) is 3.12. The topological polar surface area (TPSA) is 74.7 Å². The van der Waals surface area contributed by atoms with Gasteiger partial charge in [0.1, 0.15) is 0 Å². The van der Waals surface area contributed by atoms with Crippen LogP contribution in [0.15, 0.2) is 35.2 Å². The van der Waals surface area contributed by atoms with E-state index >= 15 is 0 Å². The number of hydrogen-bond acceptors (Lipinski definition) is 3. The molecule has 3 rings (SSSR count). The molecule has 0 fully saturated rings. The molecule has 5 nitrogen and oxygen atoms in total. The molecular weight excluding hydrogens is 362 g/mol. The molecule has 0 bridgehead atoms. The molecule has 2 aromatic carbocycles. The maximum Gasteiger partial charge on any atom is 0.335 e. The van der Waals surface area contributed by atoms with Crippen molar-refractivity contribution in [2.24, 2.45) is 0 Å². The van der Waals surface area contributed by atoms with E-state index < -0.39 is 16.0 Å². The Hall–Kier alpha value is -2.05. The number of hydrogen-bond donors (Lipinski definition) is 1. The number of benzene rings is 2. The van der Waals surface area contributed by atoms with Gasteiger partial charge in [0.2, 0.25) is 0 Å². The van der Waals surface area contributed by atoms with Crippen molar-refractivity contribution in [2.45, 2.75) is 31.6 Å². The molecule has 0 saturated carbocycles. The Morgan fingerprint density at radius 3 is 2.56 bits per heavy atom. The van der Waals surface area contributed by atoms with Crippen molar-refractivity contribution in [1.29, 1.82) is 0 Å². The molecule has 0 atom stereocenters. The van der Waals surface area contributed by atoms with Crippen LogP contribution in [0.3, 0.4) is 0 Å². The van der Waals surface area contributed by atoms with Gasteiger partial charge >= 0.3 is 5.97 Å². The quantitative estimate of drug-likeness (QED) is 0.880. The minimum atomic E-state index is -3.86. The summed E-state index contributed by atoms with van der Waals surface area (Å²) in [6.45, 7) is 3.69. The third-order valence-electron chi connectivity index (χ3n) is 4.44. The van der Waals surface area contributed by atoms with Crippen molar-refractivity contribution < 1.29 is 18.3 Å². The largest absolute Gasteiger partial charge is 0.478 e. The van der Waals surface area contributed by atoms with E-state index in [4.69, 9.17) is 11.6 Å². The van der Waals surface area contributed by atoms with Crippen LogP contribution in [0.4, 0.5) is 5.69 Å². The number of fused-ring (bicyclic) bond motifs is 1. The first-order valence-corrected chi connectivity index (χ1v) is 9.69. The van der Waals surface area contributed by atoms with Crippen LogP contribution in [0.25, 0.3) is 0 Å². The van der Waals surface area contributed by atoms with Crippen LogP contribution < -0.4 is 4.31 Å². The number of anilines is 1. The van der Waals surface area contributed by atoms with E-state index in [1.54, 1.807) is 38.1 Å². The van der Waals surface area contributed by atoms with Gasteiger partial charge in [0.15, 0.2) is 0 Å². The summed E-state index contributed by atoms with van der Waals surface area (Å²) in [7, 11) is -3.86. The van der Waals surface area contributed by atoms with Gasteiger partial charge in [-0.2, -0.15) is 0 Å². The Morgan fingerprint density at radius 2 is 1.88 bits per heavy atom. The predicted molar refractivity (Wildman–Crippen MR) is 97.2 cm³/mol. The number of halogens is 1. The fourth-order valence-electron chi connectivity index (χ4n) is 3.24. The summed E-state index contributed by atoms with van der Waals surface area (Å²) in [6.07, 6.45) is 1.44. The standard InChI is InChI=1S/C18H18ClNO4S/c1-11-8-12(2)17(10-15(11)18(21)22)25(23,24)20-7-3-4-13-9-14(19)5-6-16(13)20/h5-6,8-10H,3-4,7H2,1-2H3,(H,21,22). The normalized spacial score (nSPS) is 14.3. The first kappa shape index (κ1) is 17.8. The maximum absolute atomic E-state index is 13.2. The lowest BCUT2D eigenvalue weighted by molar-refractivity contribution is 0.0696. The van der Waals surface area contributed by atoms with Crippen molar-refractivity contribution in [1.82, 2.24) is 0 Å². The number of aryl methyl sites for hydroxylation is 3. The number of sulfonamides is 1. The molecule has 0 aromatic heterocycles. The molecule has 0 unspecified atom stereocenters. The number of aromatic carboxylic acids is 1. The first-order valence-electron chi connectivity index (χ1n) is 7.87. The molecule has 0 saturated heterocycles. The molecule has 1 N–H and O–H groups in total. The molecule has 2 aromatic rings. The first-order chi connectivity index (χ1) is 11.7. The second-order valence-corrected chi connectivity index (χ2v) is 8.46. The molecule has 1 aliphatic rings. The van der Waals surface area contributed by atoms with Gasteiger partial charge < -0.3 is 5.11 Å². The minimum Gasteiger partial charge on any atom is -0.478 e. The summed E-state index contributed by atoms with van der Waals surface area (Å²) >= 11 is 6.02. The molecule has 25 heavy (non-hydrogen) atoms. The SMILES string of the molecule is Cc1cc(C)c(S(=O)(=O)N2CCCc3cc(Cl)ccc32)cc1C(=O)O. The second-order valence-electron chi connectivity index (χ2n) is 6.19. The van der Waals surface area contributed by atoms with Gasteiger partial charge in [-0.05, 0) is 67.6 Å². The van der Waals surface area contributed by atoms with Crippen molar-refractivity contribution in [3.63, 3.8) is 0 Å². The second kappa shape index (κ2) is 6.35. The highest BCUT2D eigenvalue weighted by atomic mass is 35.5. The van der Waals surface area contributed by atoms with Gasteiger partial charge in [-0.15, -0.1) is 0 Å². The smallest absolute Gasteiger partial charge is 0.335 e. The van der Waals surface area contributed by atoms with Crippen LogP contribution in [0.5, 0.6) is 0 Å². The number of carbonyl (C=O) groups is 1. The van der Waals surface area contributed by atoms with Crippen LogP contribution >= 0.6 is 11.6 Å². The van der Waals surface area contributed by atoms with E-state index in [-0.39, 0.29) is 10.5 Å². The third-order valence-corrected chi connectivity index (χ3v) is 6.63. The highest BCUT2D eigenvalue weighted by Crippen LogP contribution is 2.35. The number of carboxylic acid groups (broad SMARTS) is 1. The lowest BCUT2D eigenvalue weighted by atomic mass is 10.0. The monoisotopic (exact) mass is 379 g/mol. The Labute approximate surface area is 151 Å². The Bertz CT molecular complexity index is 969. The van der Waals surface area contributed by atoms with Crippen LogP contribution in [0.1, 0.15) is 33.5 Å². The summed E-state index contributed by atoms with van der Waals surface area (Å²) in [4.78, 5) is 11.4. The summed E-state index contributed by atoms with van der Waals surface area (Å²) in [5, 5.41) is 9.89. The van der Waals surface area contributed by atoms with E-state index in [1.165, 1.54) is 10.4 Å². The summed E-state index contributed by atoms with van der Waals surface area (Å²) in [5.74, 6) is -1.14. The predicted octanol–water partition coefficient (Wildman–Crippen LogP) is 3.80. The highest BCUT2D eigenvalue weighted by Gasteiger charge is 2.31. The molecule has 0 spiro atoms. The molecule has 1 aliphatic heterocycles. The Morgan fingerprint density at radius 1 is 1.16 bits per heavy atom. The zero-order valence-electron chi connectivity index (χ0n) is 13.9. The number of nitrogens with zero attached hydrogens (tertiary/aromatic N) is 1. The van der Waals surface area contributed by atoms with Crippen LogP contribution in [0.2, 0.25) is 5.02 Å². The Balaban J connectivity index is 2.16. The fraction of sp³-hybridized carbons (Fsp3) is 0.278. The molecule has 1 heterocycles. The van der Waals surface area contributed by atoms with Crippen LogP contribution in [-0.4, -0.2) is 26.0 Å². The Kier molecular flexibility index (Phi) is 4.51. The zero-order valence-corrected chi connectivity index (χ0v) is 15.5. The molecule has 0 amide bonds. The van der Waals surface area contributed by atoms with Gasteiger partial charge in [-0.3, -0.25) is 4.31 Å². The molecule has 0 aliphatic carbocycles. The van der Waals surface area contributed by atoms with Gasteiger partial charge in [0.05, 0.1) is 16.1 Å². The molecule has 0 radical (unpaired) electrons. The van der Waals surface area contributed by atoms with E-state index in [1.807, 2.05) is 0 Å². The lowest BCUT2D eigenvalue weighted by Crippen LogP contribution is -2.36. The van der Waals surface area contributed by atoms with Crippen molar-refractivity contribution in [3.8, 4) is 0 Å². The van der Waals surface area contributed by atoms with Gasteiger partial charge in [0, 0.05) is 11.6 Å². The summed E-state index contributed by atoms with van der Waals surface area (Å²) < 4.78 is 27.8. The average molecular weight is 380 g/mol. The van der Waals surface area contributed by atoms with Gasteiger partial charge in [0.25, 0.3) is 10.0 Å². The van der Waals surface area contributed by atoms with E-state index in [0.29, 0.717) is 34.8 Å². The highest BCUT2D eigenvalue weighted by molar-refractivity contribution is 7.92. The number of rotatable bonds is 3. The number of carboxylic acids is 1. The minimum absolute atomic E-state index is 0.00230. The van der Waals surface area contributed by atoms with Crippen molar-refractivity contribution in [3.05, 3.63) is 57.6 Å². The van der Waals surface area contributed by atoms with Crippen molar-refractivity contribution >= 4 is 33.3 Å². The van der Waals surface area contributed by atoms with E-state index in [0.717, 1.165) is 12.0 Å². The van der Waals surface area contributed by atoms with Crippen molar-refractivity contribution in [2.75, 3.05) is 10.8 Å². The average Bonchev–Trinajstić information content (AvgIpc) is 2.53. The van der Waals surface area contributed by atoms with Gasteiger partial charge in [-0.25, -0.2) is 13.2 Å².